The van der Waals surface area contributed by atoms with E-state index < -0.39 is 19.9 Å². The fraction of sp³-hybridized carbons (Fsp3) is 0.469. The minimum absolute atomic E-state index is 0.0658. The van der Waals surface area contributed by atoms with Crippen LogP contribution in [0.5, 0.6) is 11.5 Å². The third kappa shape index (κ3) is 7.52. The number of aromatic hydroxyl groups is 1. The topological polar surface area (TPSA) is 102 Å². The van der Waals surface area contributed by atoms with Crippen molar-refractivity contribution in [2.24, 2.45) is 11.8 Å². The molecule has 40 heavy (non-hydrogen) atoms. The van der Waals surface area contributed by atoms with Gasteiger partial charge in [0, 0.05) is 11.5 Å². The van der Waals surface area contributed by atoms with Crippen LogP contribution in [0.1, 0.15) is 81.9 Å². The zero-order chi connectivity index (χ0) is 28.9. The minimum Gasteiger partial charge on any atom is -0.507 e. The predicted octanol–water partition coefficient (Wildman–Crippen LogP) is 7.77. The molecule has 2 aromatic carbocycles. The van der Waals surface area contributed by atoms with Gasteiger partial charge in [0.05, 0.1) is 6.61 Å². The SMILES string of the molecule is C=C(C)[C@@H]1CCC(C)=C[C@H]1c1c(O)cc(CCC)cc1OC(=O)C(OP(=O)(O)OCc1ccccc1)C1CCC1. The smallest absolute Gasteiger partial charge is 0.473 e. The van der Waals surface area contributed by atoms with Crippen molar-refractivity contribution < 1.29 is 33.1 Å². The van der Waals surface area contributed by atoms with Crippen LogP contribution in [-0.4, -0.2) is 22.1 Å². The van der Waals surface area contributed by atoms with E-state index in [9.17, 15) is 19.4 Å². The van der Waals surface area contributed by atoms with Crippen LogP contribution in [0, 0.1) is 11.8 Å². The van der Waals surface area contributed by atoms with Gasteiger partial charge in [-0.3, -0.25) is 9.05 Å². The fourth-order valence-corrected chi connectivity index (χ4v) is 6.48. The minimum atomic E-state index is -4.58. The van der Waals surface area contributed by atoms with Gasteiger partial charge in [-0.05, 0) is 81.0 Å². The number of phosphoric ester groups is 1. The number of phosphoric acid groups is 1. The van der Waals surface area contributed by atoms with Gasteiger partial charge in [0.1, 0.15) is 11.5 Å². The first-order valence-corrected chi connectivity index (χ1v) is 15.7. The van der Waals surface area contributed by atoms with Crippen LogP contribution in [0.25, 0.3) is 0 Å². The summed E-state index contributed by atoms with van der Waals surface area (Å²) in [7, 11) is -4.58. The molecule has 4 rings (SSSR count). The first-order chi connectivity index (χ1) is 19.1. The maximum Gasteiger partial charge on any atom is 0.473 e. The van der Waals surface area contributed by atoms with Crippen LogP contribution in [0.15, 0.2) is 66.3 Å². The maximum absolute atomic E-state index is 13.6. The number of phenols is 1. The molecular formula is C32H41O7P. The standard InChI is InChI=1S/C32H41O7P/c1-5-10-24-18-28(33)30(27-17-22(4)15-16-26(27)21(2)3)29(19-24)38-32(34)31(25-13-9-14-25)39-40(35,36)37-20-23-11-7-6-8-12-23/h6-8,11-12,17-19,25-27,31,33H,2,5,9-10,13-16,20H2,1,3-4H3,(H,35,36)/t26-,27+,31?/m0/s1. The first-order valence-electron chi connectivity index (χ1n) is 14.2. The second-order valence-electron chi connectivity index (χ2n) is 11.2. The Hall–Kier alpha value is -2.70. The number of ether oxygens (including phenoxy) is 1. The molecule has 2 unspecified atom stereocenters. The average molecular weight is 569 g/mol. The number of phenolic OH excluding ortho intramolecular Hbond substituents is 1. The zero-order valence-corrected chi connectivity index (χ0v) is 24.6. The van der Waals surface area contributed by atoms with Crippen molar-refractivity contribution in [3.05, 3.63) is 83.0 Å². The lowest BCUT2D eigenvalue weighted by atomic mass is 9.73. The van der Waals surface area contributed by atoms with Crippen molar-refractivity contribution in [3.63, 3.8) is 0 Å². The van der Waals surface area contributed by atoms with E-state index in [0.717, 1.165) is 36.8 Å². The summed E-state index contributed by atoms with van der Waals surface area (Å²) in [6.07, 6.45) is 6.45. The molecule has 0 heterocycles. The number of hydrogen-bond acceptors (Lipinski definition) is 6. The number of carbonyl (C=O) groups excluding carboxylic acids is 1. The summed E-state index contributed by atoms with van der Waals surface area (Å²) in [5.41, 5.74) is 4.27. The summed E-state index contributed by atoms with van der Waals surface area (Å²) >= 11 is 0. The molecule has 0 radical (unpaired) electrons. The van der Waals surface area contributed by atoms with Gasteiger partial charge < -0.3 is 14.7 Å². The zero-order valence-electron chi connectivity index (χ0n) is 23.7. The Labute approximate surface area is 237 Å². The number of hydrogen-bond donors (Lipinski definition) is 2. The van der Waals surface area contributed by atoms with Crippen LogP contribution >= 0.6 is 7.82 Å². The molecule has 0 spiro atoms. The Morgan fingerprint density at radius 1 is 1.15 bits per heavy atom. The number of benzene rings is 2. The molecule has 0 amide bonds. The third-order valence-corrected chi connectivity index (χ3v) is 8.89. The Kier molecular flexibility index (Phi) is 10.1. The van der Waals surface area contributed by atoms with Crippen molar-refractivity contribution in [3.8, 4) is 11.5 Å². The Bertz CT molecular complexity index is 1280. The molecule has 2 N–H and O–H groups in total. The number of aryl methyl sites for hydroxylation is 1. The molecule has 8 heteroatoms. The van der Waals surface area contributed by atoms with Gasteiger partial charge in [-0.2, -0.15) is 0 Å². The first kappa shape index (κ1) is 30.3. The van der Waals surface area contributed by atoms with E-state index in [0.29, 0.717) is 30.4 Å². The van der Waals surface area contributed by atoms with E-state index in [1.54, 1.807) is 36.4 Å². The molecule has 1 fully saturated rings. The van der Waals surface area contributed by atoms with Crippen LogP contribution in [0.2, 0.25) is 0 Å². The lowest BCUT2D eigenvalue weighted by Crippen LogP contribution is -2.39. The molecule has 0 saturated heterocycles. The molecule has 2 aliphatic carbocycles. The van der Waals surface area contributed by atoms with E-state index in [-0.39, 0.29) is 35.9 Å². The van der Waals surface area contributed by atoms with Gasteiger partial charge in [-0.25, -0.2) is 9.36 Å². The quantitative estimate of drug-likeness (QED) is 0.117. The van der Waals surface area contributed by atoms with Crippen LogP contribution in [0.3, 0.4) is 0 Å². The van der Waals surface area contributed by atoms with Crippen molar-refractivity contribution in [1.82, 2.24) is 0 Å². The molecule has 216 valence electrons. The number of allylic oxidation sites excluding steroid dienone is 3. The molecule has 2 aliphatic rings. The fourth-order valence-electron chi connectivity index (χ4n) is 5.56. The molecule has 4 atom stereocenters. The molecule has 7 nitrogen and oxygen atoms in total. The van der Waals surface area contributed by atoms with Crippen molar-refractivity contribution in [1.29, 1.82) is 0 Å². The molecular weight excluding hydrogens is 527 g/mol. The molecule has 1 saturated carbocycles. The van der Waals surface area contributed by atoms with E-state index >= 15 is 0 Å². The van der Waals surface area contributed by atoms with Crippen LogP contribution < -0.4 is 4.74 Å². The summed E-state index contributed by atoms with van der Waals surface area (Å²) in [5, 5.41) is 11.2. The maximum atomic E-state index is 13.6. The highest BCUT2D eigenvalue weighted by Gasteiger charge is 2.41. The third-order valence-electron chi connectivity index (χ3n) is 7.94. The van der Waals surface area contributed by atoms with Crippen molar-refractivity contribution in [2.75, 3.05) is 0 Å². The van der Waals surface area contributed by atoms with Crippen molar-refractivity contribution >= 4 is 13.8 Å². The Morgan fingerprint density at radius 3 is 2.50 bits per heavy atom. The number of carbonyl (C=O) groups is 1. The number of rotatable bonds is 12. The average Bonchev–Trinajstić information content (AvgIpc) is 2.86. The van der Waals surface area contributed by atoms with Crippen molar-refractivity contribution in [2.45, 2.75) is 84.3 Å². The molecule has 2 aromatic rings. The monoisotopic (exact) mass is 568 g/mol. The number of esters is 1. The summed E-state index contributed by atoms with van der Waals surface area (Å²) in [6.45, 7) is 10.1. The van der Waals surface area contributed by atoms with E-state index in [2.05, 4.69) is 19.6 Å². The molecule has 0 aromatic heterocycles. The lowest BCUT2D eigenvalue weighted by molar-refractivity contribution is -0.148. The Morgan fingerprint density at radius 2 is 1.88 bits per heavy atom. The van der Waals surface area contributed by atoms with Gasteiger partial charge in [-0.15, -0.1) is 0 Å². The van der Waals surface area contributed by atoms with Gasteiger partial charge >= 0.3 is 13.8 Å². The van der Waals surface area contributed by atoms with E-state index in [4.69, 9.17) is 13.8 Å². The van der Waals surface area contributed by atoms with Gasteiger partial charge in [0.15, 0.2) is 6.10 Å². The second kappa shape index (κ2) is 13.3. The van der Waals surface area contributed by atoms with Gasteiger partial charge in [0.2, 0.25) is 0 Å². The highest BCUT2D eigenvalue weighted by Crippen LogP contribution is 2.50. The summed E-state index contributed by atoms with van der Waals surface area (Å²) < 4.78 is 29.6. The predicted molar refractivity (Wildman–Crippen MR) is 155 cm³/mol. The molecule has 0 bridgehead atoms. The summed E-state index contributed by atoms with van der Waals surface area (Å²) in [5.74, 6) is -0.848. The highest BCUT2D eigenvalue weighted by molar-refractivity contribution is 7.47. The van der Waals surface area contributed by atoms with Crippen LogP contribution in [0.4, 0.5) is 0 Å². The van der Waals surface area contributed by atoms with E-state index in [1.165, 1.54) is 5.57 Å². The van der Waals surface area contributed by atoms with Gasteiger partial charge in [0.25, 0.3) is 0 Å². The van der Waals surface area contributed by atoms with E-state index in [1.807, 2.05) is 19.9 Å². The highest BCUT2D eigenvalue weighted by atomic mass is 31.2. The Balaban J connectivity index is 1.63. The molecule has 0 aliphatic heterocycles. The normalized spacial score (nSPS) is 21.6. The summed E-state index contributed by atoms with van der Waals surface area (Å²) in [4.78, 5) is 24.2. The second-order valence-corrected chi connectivity index (χ2v) is 12.6. The lowest BCUT2D eigenvalue weighted by Gasteiger charge is -2.34. The largest absolute Gasteiger partial charge is 0.507 e. The van der Waals surface area contributed by atoms with Crippen LogP contribution in [-0.2, 0) is 31.4 Å². The van der Waals surface area contributed by atoms with Gasteiger partial charge in [-0.1, -0.05) is 73.9 Å². The summed E-state index contributed by atoms with van der Waals surface area (Å²) in [6, 6.07) is 12.5.